The zero-order chi connectivity index (χ0) is 21.3. The Labute approximate surface area is 176 Å². The largest absolute Gasteiger partial charge is 0.361 e. The number of hydrogen-bond donors (Lipinski definition) is 2. The number of aromatic nitrogens is 1. The lowest BCUT2D eigenvalue weighted by Gasteiger charge is -2.39. The van der Waals surface area contributed by atoms with Crippen molar-refractivity contribution in [2.24, 2.45) is 5.92 Å². The molecular formula is C21H28N4O4S. The molecule has 1 aromatic carbocycles. The maximum absolute atomic E-state index is 13.2. The number of amides is 2. The van der Waals surface area contributed by atoms with Crippen molar-refractivity contribution >= 4 is 32.7 Å². The molecule has 0 bridgehead atoms. The van der Waals surface area contributed by atoms with Gasteiger partial charge in [-0.15, -0.1) is 0 Å². The predicted octanol–water partition coefficient (Wildman–Crippen LogP) is 1.56. The highest BCUT2D eigenvalue weighted by Crippen LogP contribution is 2.30. The van der Waals surface area contributed by atoms with E-state index >= 15 is 0 Å². The number of sulfonamides is 1. The van der Waals surface area contributed by atoms with E-state index in [9.17, 15) is 18.0 Å². The van der Waals surface area contributed by atoms with Crippen LogP contribution < -0.4 is 5.32 Å². The summed E-state index contributed by atoms with van der Waals surface area (Å²) in [5.41, 5.74) is 1.41. The summed E-state index contributed by atoms with van der Waals surface area (Å²) in [5.74, 6) is -0.614. The summed E-state index contributed by atoms with van der Waals surface area (Å²) < 4.78 is 26.6. The fraction of sp³-hybridized carbons (Fsp3) is 0.524. The highest BCUT2D eigenvalue weighted by molar-refractivity contribution is 7.88. The van der Waals surface area contributed by atoms with Crippen LogP contribution in [0, 0.1) is 5.92 Å². The quantitative estimate of drug-likeness (QED) is 0.752. The van der Waals surface area contributed by atoms with Crippen LogP contribution >= 0.6 is 0 Å². The molecule has 1 saturated carbocycles. The van der Waals surface area contributed by atoms with E-state index in [0.717, 1.165) is 23.7 Å². The van der Waals surface area contributed by atoms with E-state index in [0.29, 0.717) is 31.5 Å². The molecule has 2 N–H and O–H groups in total. The van der Waals surface area contributed by atoms with Gasteiger partial charge in [0.2, 0.25) is 15.9 Å². The zero-order valence-corrected chi connectivity index (χ0v) is 18.0. The lowest BCUT2D eigenvalue weighted by atomic mass is 9.83. The van der Waals surface area contributed by atoms with Crippen molar-refractivity contribution < 1.29 is 18.0 Å². The maximum Gasteiger partial charge on any atom is 0.254 e. The number of nitrogens with zero attached hydrogens (tertiary/aromatic N) is 2. The molecule has 2 fully saturated rings. The lowest BCUT2D eigenvalue weighted by Crippen LogP contribution is -2.55. The molecule has 0 spiro atoms. The van der Waals surface area contributed by atoms with Crippen molar-refractivity contribution in [3.8, 4) is 0 Å². The van der Waals surface area contributed by atoms with E-state index in [2.05, 4.69) is 10.3 Å². The van der Waals surface area contributed by atoms with Crippen molar-refractivity contribution in [1.29, 1.82) is 0 Å². The molecule has 2 heterocycles. The van der Waals surface area contributed by atoms with Crippen LogP contribution in [-0.4, -0.2) is 72.9 Å². The van der Waals surface area contributed by atoms with E-state index in [1.165, 1.54) is 10.6 Å². The molecule has 162 valence electrons. The summed E-state index contributed by atoms with van der Waals surface area (Å²) in [6.07, 6.45) is 6.21. The van der Waals surface area contributed by atoms with Gasteiger partial charge in [0.1, 0.15) is 0 Å². The van der Waals surface area contributed by atoms with Crippen LogP contribution in [-0.2, 0) is 14.8 Å². The van der Waals surface area contributed by atoms with Crippen molar-refractivity contribution in [2.75, 3.05) is 32.4 Å². The molecule has 1 aromatic heterocycles. The standard InChI is InChI=1S/C21H28N4O4S/c1-30(28,29)25-13-12-24(11-10-23-20(26)17-4-2-3-5-19(17)25)21(27)16-7-6-15-8-9-22-18(15)14-16/h6-9,14,17,19,22H,2-5,10-13H2,1H3,(H,23,26)/t17-,19+/m0/s1. The first-order valence-electron chi connectivity index (χ1n) is 10.5. The fourth-order valence-corrected chi connectivity index (χ4v) is 5.84. The van der Waals surface area contributed by atoms with Crippen LogP contribution in [0.25, 0.3) is 10.9 Å². The average molecular weight is 433 g/mol. The SMILES string of the molecule is CS(=O)(=O)N1CCN(C(=O)c2ccc3cc[nH]c3c2)CCNC(=O)[C@H]2CCCC[C@H]21. The van der Waals surface area contributed by atoms with E-state index in [1.807, 2.05) is 18.3 Å². The van der Waals surface area contributed by atoms with Gasteiger partial charge in [-0.25, -0.2) is 8.42 Å². The molecular weight excluding hydrogens is 404 g/mol. The number of H-pyrrole nitrogens is 1. The number of benzene rings is 1. The Balaban J connectivity index is 1.60. The molecule has 8 nitrogen and oxygen atoms in total. The smallest absolute Gasteiger partial charge is 0.254 e. The molecule has 30 heavy (non-hydrogen) atoms. The second-order valence-electron chi connectivity index (χ2n) is 8.19. The summed E-state index contributed by atoms with van der Waals surface area (Å²) in [6.45, 7) is 1.18. The van der Waals surface area contributed by atoms with Gasteiger partial charge in [-0.3, -0.25) is 9.59 Å². The molecule has 9 heteroatoms. The Bertz CT molecular complexity index is 1050. The summed E-state index contributed by atoms with van der Waals surface area (Å²) in [6, 6.07) is 7.06. The highest BCUT2D eigenvalue weighted by atomic mass is 32.2. The van der Waals surface area contributed by atoms with Gasteiger partial charge in [-0.1, -0.05) is 18.9 Å². The number of carbonyl (C=O) groups excluding carboxylic acids is 2. The minimum Gasteiger partial charge on any atom is -0.361 e. The molecule has 1 aliphatic heterocycles. The number of carbonyl (C=O) groups is 2. The van der Waals surface area contributed by atoms with Gasteiger partial charge >= 0.3 is 0 Å². The van der Waals surface area contributed by atoms with Crippen LogP contribution in [0.3, 0.4) is 0 Å². The van der Waals surface area contributed by atoms with Crippen molar-refractivity contribution in [3.63, 3.8) is 0 Å². The lowest BCUT2D eigenvalue weighted by molar-refractivity contribution is -0.127. The molecule has 2 atom stereocenters. The van der Waals surface area contributed by atoms with Gasteiger partial charge in [0.05, 0.1) is 12.2 Å². The first-order chi connectivity index (χ1) is 14.3. The summed E-state index contributed by atoms with van der Waals surface area (Å²) in [7, 11) is -3.51. The number of rotatable bonds is 2. The molecule has 2 aromatic rings. The Morgan fingerprint density at radius 1 is 1.10 bits per heavy atom. The number of fused-ring (bicyclic) bond motifs is 2. The Morgan fingerprint density at radius 3 is 2.70 bits per heavy atom. The Morgan fingerprint density at radius 2 is 1.90 bits per heavy atom. The van der Waals surface area contributed by atoms with Gasteiger partial charge in [0.15, 0.2) is 0 Å². The van der Waals surface area contributed by atoms with E-state index in [1.54, 1.807) is 17.0 Å². The third-order valence-corrected chi connectivity index (χ3v) is 7.53. The third kappa shape index (κ3) is 4.22. The molecule has 1 saturated heterocycles. The van der Waals surface area contributed by atoms with E-state index in [-0.39, 0.29) is 36.9 Å². The molecule has 0 radical (unpaired) electrons. The average Bonchev–Trinajstić information content (AvgIpc) is 3.19. The minimum absolute atomic E-state index is 0.115. The molecule has 2 amide bonds. The Kier molecular flexibility index (Phi) is 5.84. The van der Waals surface area contributed by atoms with E-state index in [4.69, 9.17) is 0 Å². The van der Waals surface area contributed by atoms with Crippen molar-refractivity contribution in [1.82, 2.24) is 19.5 Å². The maximum atomic E-state index is 13.2. The van der Waals surface area contributed by atoms with Gasteiger partial charge in [0.25, 0.3) is 5.91 Å². The first-order valence-corrected chi connectivity index (χ1v) is 12.3. The van der Waals surface area contributed by atoms with Crippen LogP contribution in [0.2, 0.25) is 0 Å². The van der Waals surface area contributed by atoms with Gasteiger partial charge < -0.3 is 15.2 Å². The molecule has 2 aliphatic rings. The predicted molar refractivity (Wildman–Crippen MR) is 115 cm³/mol. The van der Waals surface area contributed by atoms with E-state index < -0.39 is 10.0 Å². The Hall–Kier alpha value is -2.39. The number of hydrogen-bond acceptors (Lipinski definition) is 4. The van der Waals surface area contributed by atoms with Crippen LogP contribution in [0.1, 0.15) is 36.0 Å². The molecule has 1 aliphatic carbocycles. The summed E-state index contributed by atoms with van der Waals surface area (Å²) >= 11 is 0. The van der Waals surface area contributed by atoms with Crippen molar-refractivity contribution in [3.05, 3.63) is 36.0 Å². The summed E-state index contributed by atoms with van der Waals surface area (Å²) in [5, 5.41) is 3.94. The van der Waals surface area contributed by atoms with Gasteiger partial charge in [-0.2, -0.15) is 4.31 Å². The summed E-state index contributed by atoms with van der Waals surface area (Å²) in [4.78, 5) is 30.7. The van der Waals surface area contributed by atoms with Crippen LogP contribution in [0.15, 0.2) is 30.5 Å². The zero-order valence-electron chi connectivity index (χ0n) is 17.1. The number of nitrogens with one attached hydrogen (secondary N) is 2. The highest BCUT2D eigenvalue weighted by Gasteiger charge is 2.39. The van der Waals surface area contributed by atoms with Crippen LogP contribution in [0.5, 0.6) is 0 Å². The van der Waals surface area contributed by atoms with Gasteiger partial charge in [-0.05, 0) is 36.4 Å². The second kappa shape index (κ2) is 8.39. The monoisotopic (exact) mass is 432 g/mol. The van der Waals surface area contributed by atoms with Crippen molar-refractivity contribution in [2.45, 2.75) is 31.7 Å². The fourth-order valence-electron chi connectivity index (χ4n) is 4.68. The third-order valence-electron chi connectivity index (χ3n) is 6.22. The topological polar surface area (TPSA) is 103 Å². The molecule has 4 rings (SSSR count). The van der Waals surface area contributed by atoms with Gasteiger partial charge in [0, 0.05) is 49.5 Å². The molecule has 0 unspecified atom stereocenters. The number of aromatic amines is 1. The first kappa shape index (κ1) is 20.9. The minimum atomic E-state index is -3.51. The van der Waals surface area contributed by atoms with Crippen LogP contribution in [0.4, 0.5) is 0 Å². The second-order valence-corrected chi connectivity index (χ2v) is 10.1. The normalized spacial score (nSPS) is 24.3.